The molecule has 3 amide bonds. The summed E-state index contributed by atoms with van der Waals surface area (Å²) >= 11 is 0.915. The van der Waals surface area contributed by atoms with Gasteiger partial charge in [0.1, 0.15) is 6.54 Å². The van der Waals surface area contributed by atoms with Gasteiger partial charge in [0.05, 0.1) is 4.91 Å². The van der Waals surface area contributed by atoms with Crippen LogP contribution in [0.3, 0.4) is 0 Å². The van der Waals surface area contributed by atoms with Gasteiger partial charge in [-0.3, -0.25) is 19.3 Å². The summed E-state index contributed by atoms with van der Waals surface area (Å²) in [5, 5.41) is -0.367. The SMILES string of the molecule is Cc1cc(C)c(/C=C2\SC(=O)N(CC(=O)N3CCCCC3)C2=O)c(C)c1. The number of aryl methyl sites for hydroxylation is 3. The summed E-state index contributed by atoms with van der Waals surface area (Å²) in [5.41, 5.74) is 4.26. The molecule has 138 valence electrons. The second-order valence-corrected chi connectivity index (χ2v) is 8.01. The Labute approximate surface area is 158 Å². The second-order valence-electron chi connectivity index (χ2n) is 7.02. The van der Waals surface area contributed by atoms with Crippen molar-refractivity contribution in [2.24, 2.45) is 0 Å². The van der Waals surface area contributed by atoms with Gasteiger partial charge in [-0.15, -0.1) is 0 Å². The summed E-state index contributed by atoms with van der Waals surface area (Å²) < 4.78 is 0. The Morgan fingerprint density at radius 3 is 2.31 bits per heavy atom. The first-order valence-electron chi connectivity index (χ1n) is 8.98. The van der Waals surface area contributed by atoms with Crippen molar-refractivity contribution in [2.75, 3.05) is 19.6 Å². The predicted octanol–water partition coefficient (Wildman–Crippen LogP) is 3.66. The lowest BCUT2D eigenvalue weighted by molar-refractivity contribution is -0.136. The van der Waals surface area contributed by atoms with Crippen molar-refractivity contribution in [1.29, 1.82) is 0 Å². The number of carbonyl (C=O) groups is 3. The van der Waals surface area contributed by atoms with Crippen molar-refractivity contribution < 1.29 is 14.4 Å². The van der Waals surface area contributed by atoms with Crippen LogP contribution in [0.1, 0.15) is 41.5 Å². The second kappa shape index (κ2) is 7.66. The summed E-state index contributed by atoms with van der Waals surface area (Å²) in [6.07, 6.45) is 4.88. The van der Waals surface area contributed by atoms with Gasteiger partial charge in [0.15, 0.2) is 0 Å². The average Bonchev–Trinajstić information content (AvgIpc) is 2.86. The minimum atomic E-state index is -0.371. The van der Waals surface area contributed by atoms with Crippen molar-refractivity contribution >= 4 is 34.9 Å². The number of likely N-dealkylation sites (tertiary alicyclic amines) is 1. The standard InChI is InChI=1S/C20H24N2O3S/c1-13-9-14(2)16(15(3)10-13)11-17-19(24)22(20(25)26-17)12-18(23)21-7-5-4-6-8-21/h9-11H,4-8,12H2,1-3H3/b17-11-. The molecule has 0 bridgehead atoms. The molecule has 0 aromatic heterocycles. The number of carbonyl (C=O) groups excluding carboxylic acids is 3. The van der Waals surface area contributed by atoms with Gasteiger partial charge in [-0.25, -0.2) is 0 Å². The summed E-state index contributed by atoms with van der Waals surface area (Å²) in [7, 11) is 0. The third-order valence-corrected chi connectivity index (χ3v) is 5.80. The maximum absolute atomic E-state index is 12.7. The van der Waals surface area contributed by atoms with Crippen LogP contribution in [-0.2, 0) is 9.59 Å². The van der Waals surface area contributed by atoms with Gasteiger partial charge >= 0.3 is 0 Å². The van der Waals surface area contributed by atoms with Crippen LogP contribution in [0.4, 0.5) is 4.79 Å². The van der Waals surface area contributed by atoms with Crippen LogP contribution < -0.4 is 0 Å². The van der Waals surface area contributed by atoms with E-state index in [4.69, 9.17) is 0 Å². The lowest BCUT2D eigenvalue weighted by atomic mass is 9.99. The van der Waals surface area contributed by atoms with Crippen LogP contribution in [0.2, 0.25) is 0 Å². The Balaban J connectivity index is 1.77. The molecule has 2 aliphatic heterocycles. The molecular formula is C20H24N2O3S. The number of hydrogen-bond donors (Lipinski definition) is 0. The molecule has 5 nitrogen and oxygen atoms in total. The maximum atomic E-state index is 12.7. The normalized spacial score (nSPS) is 19.6. The topological polar surface area (TPSA) is 57.7 Å². The van der Waals surface area contributed by atoms with Crippen molar-refractivity contribution in [3.05, 3.63) is 39.3 Å². The van der Waals surface area contributed by atoms with Gasteiger partial charge in [0, 0.05) is 13.1 Å². The Hall–Kier alpha value is -2.08. The molecule has 1 aromatic rings. The lowest BCUT2D eigenvalue weighted by Crippen LogP contribution is -2.44. The zero-order chi connectivity index (χ0) is 18.8. The third kappa shape index (κ3) is 3.85. The fourth-order valence-corrected chi connectivity index (χ4v) is 4.38. The number of amides is 3. The van der Waals surface area contributed by atoms with Gasteiger partial charge < -0.3 is 4.90 Å². The molecule has 2 saturated heterocycles. The fourth-order valence-electron chi connectivity index (χ4n) is 3.56. The molecule has 3 rings (SSSR count). The Morgan fingerprint density at radius 1 is 1.08 bits per heavy atom. The average molecular weight is 372 g/mol. The molecule has 0 radical (unpaired) electrons. The summed E-state index contributed by atoms with van der Waals surface area (Å²) in [6.45, 7) is 7.29. The largest absolute Gasteiger partial charge is 0.341 e. The Morgan fingerprint density at radius 2 is 1.69 bits per heavy atom. The van der Waals surface area contributed by atoms with E-state index in [0.717, 1.165) is 58.2 Å². The highest BCUT2D eigenvalue weighted by molar-refractivity contribution is 8.18. The molecule has 26 heavy (non-hydrogen) atoms. The van der Waals surface area contributed by atoms with Crippen molar-refractivity contribution in [2.45, 2.75) is 40.0 Å². The molecule has 1 aromatic carbocycles. The third-order valence-electron chi connectivity index (χ3n) is 4.89. The molecule has 2 fully saturated rings. The first-order chi connectivity index (χ1) is 12.4. The van der Waals surface area contributed by atoms with Crippen molar-refractivity contribution in [3.63, 3.8) is 0 Å². The van der Waals surface area contributed by atoms with Gasteiger partial charge in [-0.2, -0.15) is 0 Å². The fraction of sp³-hybridized carbons (Fsp3) is 0.450. The maximum Gasteiger partial charge on any atom is 0.294 e. The van der Waals surface area contributed by atoms with Gasteiger partial charge in [0.25, 0.3) is 11.1 Å². The minimum absolute atomic E-state index is 0.143. The van der Waals surface area contributed by atoms with E-state index < -0.39 is 0 Å². The molecule has 0 atom stereocenters. The first-order valence-corrected chi connectivity index (χ1v) is 9.79. The molecule has 6 heteroatoms. The number of thioether (sulfide) groups is 1. The first kappa shape index (κ1) is 18.7. The zero-order valence-corrected chi connectivity index (χ0v) is 16.3. The highest BCUT2D eigenvalue weighted by Gasteiger charge is 2.37. The van der Waals surface area contributed by atoms with Crippen LogP contribution in [0.15, 0.2) is 17.0 Å². The quantitative estimate of drug-likeness (QED) is 0.760. The predicted molar refractivity (Wildman–Crippen MR) is 104 cm³/mol. The number of benzene rings is 1. The number of imide groups is 1. The lowest BCUT2D eigenvalue weighted by Gasteiger charge is -2.27. The van der Waals surface area contributed by atoms with E-state index in [2.05, 4.69) is 12.1 Å². The minimum Gasteiger partial charge on any atom is -0.341 e. The van der Waals surface area contributed by atoms with Gasteiger partial charge in [-0.05, 0) is 74.6 Å². The number of hydrogen-bond acceptors (Lipinski definition) is 4. The van der Waals surface area contributed by atoms with Crippen molar-refractivity contribution in [3.8, 4) is 0 Å². The molecule has 0 spiro atoms. The Kier molecular flexibility index (Phi) is 5.51. The van der Waals surface area contributed by atoms with E-state index in [9.17, 15) is 14.4 Å². The molecule has 2 aliphatic rings. The van der Waals surface area contributed by atoms with Crippen LogP contribution >= 0.6 is 11.8 Å². The van der Waals surface area contributed by atoms with E-state index in [1.165, 1.54) is 0 Å². The molecular weight excluding hydrogens is 348 g/mol. The number of piperidine rings is 1. The molecule has 0 N–H and O–H groups in total. The summed E-state index contributed by atoms with van der Waals surface area (Å²) in [4.78, 5) is 40.6. The van der Waals surface area contributed by atoms with Gasteiger partial charge in [0.2, 0.25) is 5.91 Å². The van der Waals surface area contributed by atoms with Crippen molar-refractivity contribution in [1.82, 2.24) is 9.80 Å². The highest BCUT2D eigenvalue weighted by Crippen LogP contribution is 2.33. The van der Waals surface area contributed by atoms with Crippen LogP contribution in [0.25, 0.3) is 6.08 Å². The van der Waals surface area contributed by atoms with E-state index in [1.54, 1.807) is 11.0 Å². The van der Waals surface area contributed by atoms with E-state index in [-0.39, 0.29) is 23.6 Å². The van der Waals surface area contributed by atoms with Crippen LogP contribution in [0.5, 0.6) is 0 Å². The smallest absolute Gasteiger partial charge is 0.294 e. The monoisotopic (exact) mass is 372 g/mol. The van der Waals surface area contributed by atoms with Crippen LogP contribution in [-0.4, -0.2) is 46.5 Å². The summed E-state index contributed by atoms with van der Waals surface area (Å²) in [6, 6.07) is 4.12. The highest BCUT2D eigenvalue weighted by atomic mass is 32.2. The number of nitrogens with zero attached hydrogens (tertiary/aromatic N) is 2. The van der Waals surface area contributed by atoms with E-state index >= 15 is 0 Å². The van der Waals surface area contributed by atoms with E-state index in [1.807, 2.05) is 20.8 Å². The Bertz CT molecular complexity index is 771. The molecule has 2 heterocycles. The van der Waals surface area contributed by atoms with Crippen LogP contribution in [0, 0.1) is 20.8 Å². The zero-order valence-electron chi connectivity index (χ0n) is 15.5. The summed E-state index contributed by atoms with van der Waals surface area (Å²) in [5.74, 6) is -0.513. The molecule has 0 saturated carbocycles. The van der Waals surface area contributed by atoms with E-state index in [0.29, 0.717) is 18.0 Å². The molecule has 0 unspecified atom stereocenters. The number of rotatable bonds is 3. The molecule has 0 aliphatic carbocycles. The van der Waals surface area contributed by atoms with Gasteiger partial charge in [-0.1, -0.05) is 17.7 Å².